The van der Waals surface area contributed by atoms with E-state index < -0.39 is 0 Å². The average Bonchev–Trinajstić information content (AvgIpc) is 3.06. The van der Waals surface area contributed by atoms with E-state index in [0.29, 0.717) is 6.04 Å². The lowest BCUT2D eigenvalue weighted by Crippen LogP contribution is -2.40. The number of benzene rings is 2. The van der Waals surface area contributed by atoms with Gasteiger partial charge in [0.05, 0.1) is 0 Å². The Kier molecular flexibility index (Phi) is 6.40. The van der Waals surface area contributed by atoms with Crippen LogP contribution in [0.5, 0.6) is 0 Å². The van der Waals surface area contributed by atoms with Crippen LogP contribution in [-0.4, -0.2) is 20.6 Å². The van der Waals surface area contributed by atoms with Crippen LogP contribution < -0.4 is 5.32 Å². The third-order valence-corrected chi connectivity index (χ3v) is 5.91. The highest BCUT2D eigenvalue weighted by molar-refractivity contribution is 7.80. The minimum atomic E-state index is 0.355. The van der Waals surface area contributed by atoms with Crippen LogP contribution in [0.4, 0.5) is 5.69 Å². The molecule has 0 amide bonds. The Labute approximate surface area is 174 Å². The molecule has 1 heterocycles. The Morgan fingerprint density at radius 1 is 1.14 bits per heavy atom. The zero-order chi connectivity index (χ0) is 20.3. The monoisotopic (exact) mass is 393 g/mol. The van der Waals surface area contributed by atoms with Crippen LogP contribution in [-0.2, 0) is 13.1 Å². The number of rotatable bonds is 6. The van der Waals surface area contributed by atoms with E-state index in [1.807, 2.05) is 0 Å². The second-order valence-corrected chi connectivity index (χ2v) is 7.98. The van der Waals surface area contributed by atoms with Gasteiger partial charge < -0.3 is 14.8 Å². The molecule has 2 aromatic carbocycles. The fourth-order valence-corrected chi connectivity index (χ4v) is 3.95. The topological polar surface area (TPSA) is 20.2 Å². The van der Waals surface area contributed by atoms with Gasteiger partial charge in [-0.3, -0.25) is 0 Å². The minimum Gasteiger partial charge on any atom is -0.347 e. The van der Waals surface area contributed by atoms with Gasteiger partial charge >= 0.3 is 0 Å². The number of fused-ring (bicyclic) bond motifs is 1. The van der Waals surface area contributed by atoms with E-state index in [2.05, 4.69) is 98.1 Å². The van der Waals surface area contributed by atoms with E-state index >= 15 is 0 Å². The molecule has 28 heavy (non-hydrogen) atoms. The summed E-state index contributed by atoms with van der Waals surface area (Å²) in [7, 11) is 0. The molecule has 0 spiro atoms. The molecule has 0 bridgehead atoms. The largest absolute Gasteiger partial charge is 0.347 e. The molecule has 4 heteroatoms. The number of aromatic nitrogens is 1. The molecule has 1 unspecified atom stereocenters. The number of hydrogen-bond acceptors (Lipinski definition) is 1. The van der Waals surface area contributed by atoms with E-state index in [1.165, 1.54) is 27.6 Å². The van der Waals surface area contributed by atoms with Gasteiger partial charge in [0.25, 0.3) is 0 Å². The standard InChI is InChI=1S/C24H31N3S/c1-6-19(5)27(24(28)25-22-14-17(3)12-13-18(22)4)16-20-15-26(7-2)23-11-9-8-10-21(20)23/h8-15,19H,6-7,16H2,1-5H3,(H,25,28). The second-order valence-electron chi connectivity index (χ2n) is 7.59. The number of aryl methyl sites for hydroxylation is 3. The van der Waals surface area contributed by atoms with Gasteiger partial charge in [0, 0.05) is 41.9 Å². The van der Waals surface area contributed by atoms with Crippen LogP contribution in [0.3, 0.4) is 0 Å². The highest BCUT2D eigenvalue weighted by Gasteiger charge is 2.19. The maximum absolute atomic E-state index is 5.87. The van der Waals surface area contributed by atoms with Crippen LogP contribution in [0.25, 0.3) is 10.9 Å². The van der Waals surface area contributed by atoms with Crippen LogP contribution >= 0.6 is 12.2 Å². The molecule has 3 rings (SSSR count). The first-order valence-corrected chi connectivity index (χ1v) is 10.6. The van der Waals surface area contributed by atoms with Gasteiger partial charge in [-0.15, -0.1) is 0 Å². The number of thiocarbonyl (C=S) groups is 1. The first-order chi connectivity index (χ1) is 13.4. The fraction of sp³-hybridized carbons (Fsp3) is 0.375. The van der Waals surface area contributed by atoms with Crippen molar-refractivity contribution in [3.63, 3.8) is 0 Å². The van der Waals surface area contributed by atoms with Crippen LogP contribution in [0.1, 0.15) is 43.9 Å². The molecule has 1 aromatic heterocycles. The first-order valence-electron chi connectivity index (χ1n) is 10.2. The number of para-hydroxylation sites is 1. The minimum absolute atomic E-state index is 0.355. The molecule has 148 valence electrons. The lowest BCUT2D eigenvalue weighted by Gasteiger charge is -2.31. The van der Waals surface area contributed by atoms with Crippen molar-refractivity contribution in [2.24, 2.45) is 0 Å². The molecule has 1 atom stereocenters. The van der Waals surface area contributed by atoms with Crippen molar-refractivity contribution in [3.8, 4) is 0 Å². The molecule has 0 radical (unpaired) electrons. The third kappa shape index (κ3) is 4.22. The van der Waals surface area contributed by atoms with Crippen molar-refractivity contribution in [1.82, 2.24) is 9.47 Å². The van der Waals surface area contributed by atoms with Crippen molar-refractivity contribution in [2.75, 3.05) is 5.32 Å². The lowest BCUT2D eigenvalue weighted by atomic mass is 10.1. The normalized spacial score (nSPS) is 12.2. The Morgan fingerprint density at radius 2 is 1.89 bits per heavy atom. The van der Waals surface area contributed by atoms with Gasteiger partial charge in [-0.1, -0.05) is 37.3 Å². The first kappa shape index (κ1) is 20.4. The molecule has 1 N–H and O–H groups in total. The summed E-state index contributed by atoms with van der Waals surface area (Å²) in [5.41, 5.74) is 6.14. The number of nitrogens with zero attached hydrogens (tertiary/aromatic N) is 2. The summed E-state index contributed by atoms with van der Waals surface area (Å²) in [6.07, 6.45) is 3.32. The SMILES string of the molecule is CCC(C)N(Cc1cn(CC)c2ccccc12)C(=S)Nc1cc(C)ccc1C. The number of hydrogen-bond donors (Lipinski definition) is 1. The number of nitrogens with one attached hydrogen (secondary N) is 1. The smallest absolute Gasteiger partial charge is 0.173 e. The Bertz CT molecular complexity index is 973. The summed E-state index contributed by atoms with van der Waals surface area (Å²) in [4.78, 5) is 2.32. The Morgan fingerprint density at radius 3 is 2.61 bits per heavy atom. The molecule has 0 saturated heterocycles. The zero-order valence-corrected chi connectivity index (χ0v) is 18.4. The summed E-state index contributed by atoms with van der Waals surface area (Å²) >= 11 is 5.87. The van der Waals surface area contributed by atoms with Gasteiger partial charge in [0.1, 0.15) is 0 Å². The van der Waals surface area contributed by atoms with Crippen molar-refractivity contribution < 1.29 is 0 Å². The lowest BCUT2D eigenvalue weighted by molar-refractivity contribution is 0.320. The van der Waals surface area contributed by atoms with Crippen LogP contribution in [0.2, 0.25) is 0 Å². The average molecular weight is 394 g/mol. The highest BCUT2D eigenvalue weighted by atomic mass is 32.1. The van der Waals surface area contributed by atoms with Crippen molar-refractivity contribution in [2.45, 2.75) is 60.2 Å². The van der Waals surface area contributed by atoms with E-state index in [9.17, 15) is 0 Å². The summed E-state index contributed by atoms with van der Waals surface area (Å²) in [6.45, 7) is 12.7. The van der Waals surface area contributed by atoms with Crippen LogP contribution in [0.15, 0.2) is 48.7 Å². The Hall–Kier alpha value is -2.33. The van der Waals surface area contributed by atoms with E-state index in [1.54, 1.807) is 0 Å². The quantitative estimate of drug-likeness (QED) is 0.498. The Balaban J connectivity index is 1.91. The van der Waals surface area contributed by atoms with Crippen molar-refractivity contribution >= 4 is 33.9 Å². The molecule has 0 aliphatic heterocycles. The maximum atomic E-state index is 5.87. The summed E-state index contributed by atoms with van der Waals surface area (Å²) < 4.78 is 2.32. The highest BCUT2D eigenvalue weighted by Crippen LogP contribution is 2.25. The van der Waals surface area contributed by atoms with Gasteiger partial charge in [0.2, 0.25) is 0 Å². The molecular weight excluding hydrogens is 362 g/mol. The predicted molar refractivity (Wildman–Crippen MR) is 125 cm³/mol. The van der Waals surface area contributed by atoms with Gasteiger partial charge in [-0.25, -0.2) is 0 Å². The molecule has 0 saturated carbocycles. The third-order valence-electron chi connectivity index (χ3n) is 5.57. The predicted octanol–water partition coefficient (Wildman–Crippen LogP) is 6.28. The molecular formula is C24H31N3S. The summed E-state index contributed by atoms with van der Waals surface area (Å²) in [5, 5.41) is 5.61. The molecule has 0 fully saturated rings. The molecule has 3 nitrogen and oxygen atoms in total. The summed E-state index contributed by atoms with van der Waals surface area (Å²) in [5.74, 6) is 0. The van der Waals surface area contributed by atoms with Gasteiger partial charge in [-0.05, 0) is 75.2 Å². The molecule has 0 aliphatic rings. The number of anilines is 1. The second kappa shape index (κ2) is 8.78. The zero-order valence-electron chi connectivity index (χ0n) is 17.6. The molecule has 0 aliphatic carbocycles. The maximum Gasteiger partial charge on any atom is 0.173 e. The van der Waals surface area contributed by atoms with Gasteiger partial charge in [-0.2, -0.15) is 0 Å². The fourth-order valence-electron chi connectivity index (χ4n) is 3.60. The summed E-state index contributed by atoms with van der Waals surface area (Å²) in [6, 6.07) is 15.4. The van der Waals surface area contributed by atoms with E-state index in [-0.39, 0.29) is 0 Å². The van der Waals surface area contributed by atoms with E-state index in [0.717, 1.165) is 30.3 Å². The van der Waals surface area contributed by atoms with Crippen LogP contribution in [0, 0.1) is 13.8 Å². The molecule has 3 aromatic rings. The van der Waals surface area contributed by atoms with Crippen molar-refractivity contribution in [3.05, 3.63) is 65.4 Å². The van der Waals surface area contributed by atoms with E-state index in [4.69, 9.17) is 12.2 Å². The van der Waals surface area contributed by atoms with Gasteiger partial charge in [0.15, 0.2) is 5.11 Å². The van der Waals surface area contributed by atoms with Crippen molar-refractivity contribution in [1.29, 1.82) is 0 Å².